The predicted molar refractivity (Wildman–Crippen MR) is 50.0 cm³/mol. The summed E-state index contributed by atoms with van der Waals surface area (Å²) in [5.74, 6) is 0. The van der Waals surface area contributed by atoms with E-state index in [0.717, 1.165) is 32.6 Å². The van der Waals surface area contributed by atoms with Crippen LogP contribution >= 0.6 is 0 Å². The van der Waals surface area contributed by atoms with Gasteiger partial charge in [-0.05, 0) is 26.3 Å². The van der Waals surface area contributed by atoms with Crippen LogP contribution < -0.4 is 5.32 Å². The van der Waals surface area contributed by atoms with Crippen molar-refractivity contribution in [1.82, 2.24) is 5.32 Å². The van der Waals surface area contributed by atoms with Gasteiger partial charge in [0.2, 0.25) is 0 Å². The molecular weight excluding hydrogens is 154 g/mol. The molecule has 1 unspecified atom stereocenters. The molecule has 0 amide bonds. The summed E-state index contributed by atoms with van der Waals surface area (Å²) < 4.78 is 5.33. The van der Waals surface area contributed by atoms with Crippen molar-refractivity contribution in [3.8, 4) is 0 Å². The molecule has 0 bridgehead atoms. The Morgan fingerprint density at radius 3 is 2.58 bits per heavy atom. The minimum atomic E-state index is -0.402. The first kappa shape index (κ1) is 11.9. The molecular formula is C9H21NO2. The van der Waals surface area contributed by atoms with Gasteiger partial charge in [-0.15, -0.1) is 0 Å². The van der Waals surface area contributed by atoms with Gasteiger partial charge >= 0.3 is 0 Å². The molecule has 0 aromatic rings. The molecule has 1 atom stereocenters. The third kappa shape index (κ3) is 9.88. The van der Waals surface area contributed by atoms with Gasteiger partial charge in [-0.2, -0.15) is 0 Å². The van der Waals surface area contributed by atoms with E-state index in [4.69, 9.17) is 9.84 Å². The molecule has 12 heavy (non-hydrogen) atoms. The quantitative estimate of drug-likeness (QED) is 0.429. The molecule has 0 aromatic heterocycles. The lowest BCUT2D eigenvalue weighted by Crippen LogP contribution is -2.26. The summed E-state index contributed by atoms with van der Waals surface area (Å²) in [5.41, 5.74) is 0. The van der Waals surface area contributed by atoms with Crippen LogP contribution in [0.2, 0.25) is 0 Å². The fourth-order valence-corrected chi connectivity index (χ4v) is 0.834. The van der Waals surface area contributed by atoms with E-state index in [1.165, 1.54) is 6.42 Å². The summed E-state index contributed by atoms with van der Waals surface area (Å²) in [5, 5.41) is 11.8. The van der Waals surface area contributed by atoms with Crippen LogP contribution in [0.15, 0.2) is 0 Å². The average Bonchev–Trinajstić information content (AvgIpc) is 2.02. The normalized spacial score (nSPS) is 13.2. The summed E-state index contributed by atoms with van der Waals surface area (Å²) in [6.45, 7) is 6.35. The van der Waals surface area contributed by atoms with Crippen LogP contribution in [0.1, 0.15) is 33.1 Å². The van der Waals surface area contributed by atoms with Crippen LogP contribution in [0.3, 0.4) is 0 Å². The van der Waals surface area contributed by atoms with Crippen molar-refractivity contribution in [3.63, 3.8) is 0 Å². The number of ether oxygens (including phenoxy) is 1. The zero-order chi connectivity index (χ0) is 9.23. The van der Waals surface area contributed by atoms with Crippen molar-refractivity contribution in [2.45, 2.75) is 39.3 Å². The fraction of sp³-hybridized carbons (Fsp3) is 1.00. The molecule has 0 aliphatic rings. The van der Waals surface area contributed by atoms with E-state index in [2.05, 4.69) is 12.2 Å². The molecule has 0 spiro atoms. The summed E-state index contributed by atoms with van der Waals surface area (Å²) >= 11 is 0. The minimum Gasteiger partial charge on any atom is -0.381 e. The Balaban J connectivity index is 2.82. The fourth-order valence-electron chi connectivity index (χ4n) is 0.834. The molecule has 0 saturated carbocycles. The van der Waals surface area contributed by atoms with E-state index < -0.39 is 6.23 Å². The largest absolute Gasteiger partial charge is 0.381 e. The third-order valence-corrected chi connectivity index (χ3v) is 1.55. The van der Waals surface area contributed by atoms with Crippen molar-refractivity contribution in [3.05, 3.63) is 0 Å². The van der Waals surface area contributed by atoms with Gasteiger partial charge in [0, 0.05) is 13.2 Å². The molecule has 0 aliphatic heterocycles. The standard InChI is InChI=1S/C9H21NO2/c1-3-4-7-12-8-5-6-10-9(2)11/h9-11H,3-8H2,1-2H3. The number of unbranched alkanes of at least 4 members (excludes halogenated alkanes) is 1. The second-order valence-corrected chi connectivity index (χ2v) is 2.95. The van der Waals surface area contributed by atoms with E-state index in [1.54, 1.807) is 6.92 Å². The summed E-state index contributed by atoms with van der Waals surface area (Å²) in [6.07, 6.45) is 2.89. The predicted octanol–water partition coefficient (Wildman–Crippen LogP) is 1.12. The Morgan fingerprint density at radius 1 is 1.33 bits per heavy atom. The Labute approximate surface area is 75.1 Å². The molecule has 74 valence electrons. The van der Waals surface area contributed by atoms with Crippen molar-refractivity contribution in [2.24, 2.45) is 0 Å². The van der Waals surface area contributed by atoms with Crippen LogP contribution in [-0.2, 0) is 4.74 Å². The molecule has 0 saturated heterocycles. The van der Waals surface area contributed by atoms with Crippen molar-refractivity contribution < 1.29 is 9.84 Å². The van der Waals surface area contributed by atoms with Crippen LogP contribution in [0.4, 0.5) is 0 Å². The van der Waals surface area contributed by atoms with Gasteiger partial charge in [0.15, 0.2) is 0 Å². The highest BCUT2D eigenvalue weighted by atomic mass is 16.5. The highest BCUT2D eigenvalue weighted by Crippen LogP contribution is 1.89. The first-order chi connectivity index (χ1) is 5.77. The first-order valence-electron chi connectivity index (χ1n) is 4.76. The molecule has 3 nitrogen and oxygen atoms in total. The van der Waals surface area contributed by atoms with Gasteiger partial charge in [0.25, 0.3) is 0 Å². The number of hydrogen-bond donors (Lipinski definition) is 2. The SMILES string of the molecule is CCCCOCCCNC(C)O. The zero-order valence-corrected chi connectivity index (χ0v) is 8.18. The summed E-state index contributed by atoms with van der Waals surface area (Å²) in [4.78, 5) is 0. The topological polar surface area (TPSA) is 41.5 Å². The van der Waals surface area contributed by atoms with E-state index in [-0.39, 0.29) is 0 Å². The van der Waals surface area contributed by atoms with Crippen molar-refractivity contribution in [2.75, 3.05) is 19.8 Å². The van der Waals surface area contributed by atoms with E-state index in [1.807, 2.05) is 0 Å². The maximum Gasteiger partial charge on any atom is 0.102 e. The number of aliphatic hydroxyl groups excluding tert-OH is 1. The second-order valence-electron chi connectivity index (χ2n) is 2.95. The third-order valence-electron chi connectivity index (χ3n) is 1.55. The van der Waals surface area contributed by atoms with E-state index in [9.17, 15) is 0 Å². The number of nitrogens with one attached hydrogen (secondary N) is 1. The maximum absolute atomic E-state index is 8.84. The van der Waals surface area contributed by atoms with Crippen molar-refractivity contribution in [1.29, 1.82) is 0 Å². The first-order valence-corrected chi connectivity index (χ1v) is 4.76. The second kappa shape index (κ2) is 8.97. The molecule has 0 rings (SSSR count). The number of hydrogen-bond acceptors (Lipinski definition) is 3. The Morgan fingerprint density at radius 2 is 2.00 bits per heavy atom. The Kier molecular flexibility index (Phi) is 8.88. The van der Waals surface area contributed by atoms with Gasteiger partial charge in [-0.25, -0.2) is 0 Å². The molecule has 0 aromatic carbocycles. The Hall–Kier alpha value is -0.120. The van der Waals surface area contributed by atoms with Gasteiger partial charge in [-0.3, -0.25) is 5.32 Å². The highest BCUT2D eigenvalue weighted by molar-refractivity contribution is 4.46. The van der Waals surface area contributed by atoms with Crippen LogP contribution in [0.25, 0.3) is 0 Å². The summed E-state index contributed by atoms with van der Waals surface area (Å²) in [7, 11) is 0. The van der Waals surface area contributed by atoms with Crippen LogP contribution in [0.5, 0.6) is 0 Å². The van der Waals surface area contributed by atoms with Crippen LogP contribution in [-0.4, -0.2) is 31.1 Å². The van der Waals surface area contributed by atoms with E-state index >= 15 is 0 Å². The maximum atomic E-state index is 8.84. The van der Waals surface area contributed by atoms with Gasteiger partial charge < -0.3 is 9.84 Å². The lowest BCUT2D eigenvalue weighted by atomic mass is 10.3. The lowest BCUT2D eigenvalue weighted by Gasteiger charge is -2.07. The average molecular weight is 175 g/mol. The molecule has 0 heterocycles. The van der Waals surface area contributed by atoms with Crippen LogP contribution in [0, 0.1) is 0 Å². The van der Waals surface area contributed by atoms with Gasteiger partial charge in [-0.1, -0.05) is 13.3 Å². The summed E-state index contributed by atoms with van der Waals surface area (Å²) in [6, 6.07) is 0. The smallest absolute Gasteiger partial charge is 0.102 e. The number of rotatable bonds is 8. The number of aliphatic hydroxyl groups is 1. The molecule has 0 radical (unpaired) electrons. The lowest BCUT2D eigenvalue weighted by molar-refractivity contribution is 0.118. The Bertz CT molecular complexity index is 86.6. The molecule has 0 aliphatic carbocycles. The zero-order valence-electron chi connectivity index (χ0n) is 8.18. The minimum absolute atomic E-state index is 0.402. The molecule has 3 heteroatoms. The van der Waals surface area contributed by atoms with Gasteiger partial charge in [0.05, 0.1) is 0 Å². The molecule has 2 N–H and O–H groups in total. The highest BCUT2D eigenvalue weighted by Gasteiger charge is 1.92. The van der Waals surface area contributed by atoms with E-state index in [0.29, 0.717) is 0 Å². The monoisotopic (exact) mass is 175 g/mol. The van der Waals surface area contributed by atoms with Crippen molar-refractivity contribution >= 4 is 0 Å². The van der Waals surface area contributed by atoms with Gasteiger partial charge in [0.1, 0.15) is 6.23 Å². The molecule has 0 fully saturated rings.